The maximum absolute atomic E-state index is 12.8. The van der Waals surface area contributed by atoms with Crippen molar-refractivity contribution in [2.24, 2.45) is 0 Å². The van der Waals surface area contributed by atoms with E-state index in [-0.39, 0.29) is 17.3 Å². The van der Waals surface area contributed by atoms with E-state index in [1.807, 2.05) is 24.3 Å². The molecule has 162 valence electrons. The van der Waals surface area contributed by atoms with Gasteiger partial charge in [-0.05, 0) is 49.2 Å². The first-order valence-corrected chi connectivity index (χ1v) is 12.4. The number of benzene rings is 2. The van der Waals surface area contributed by atoms with Crippen LogP contribution in [0.1, 0.15) is 22.8 Å². The number of ketones is 1. The summed E-state index contributed by atoms with van der Waals surface area (Å²) in [5.41, 5.74) is 2.90. The number of nitrogens with zero attached hydrogens (tertiary/aromatic N) is 4. The molecule has 10 heteroatoms. The van der Waals surface area contributed by atoms with Crippen molar-refractivity contribution < 1.29 is 17.9 Å². The molecule has 0 aliphatic carbocycles. The molecule has 4 rings (SSSR count). The fourth-order valence-corrected chi connectivity index (χ4v) is 5.50. The molecule has 3 aromatic rings. The first kappa shape index (κ1) is 21.4. The summed E-state index contributed by atoms with van der Waals surface area (Å²) < 4.78 is 33.1. The zero-order chi connectivity index (χ0) is 22.0. The number of Topliss-reactive ketones (excluding diaryl/α,β-unsaturated/α-hetero) is 1. The largest absolute Gasteiger partial charge is 0.495 e. The molecule has 0 radical (unpaired) electrons. The van der Waals surface area contributed by atoms with Gasteiger partial charge in [0.2, 0.25) is 10.0 Å². The highest BCUT2D eigenvalue weighted by molar-refractivity contribution is 7.99. The molecule has 0 N–H and O–H groups in total. The predicted octanol–water partition coefficient (Wildman–Crippen LogP) is 2.96. The van der Waals surface area contributed by atoms with Gasteiger partial charge in [0, 0.05) is 12.1 Å². The fourth-order valence-electron chi connectivity index (χ4n) is 3.52. The van der Waals surface area contributed by atoms with Gasteiger partial charge in [0.05, 0.1) is 30.0 Å². The smallest absolute Gasteiger partial charge is 0.234 e. The Morgan fingerprint density at radius 1 is 1.19 bits per heavy atom. The Morgan fingerprint density at radius 3 is 2.77 bits per heavy atom. The number of thioether (sulfide) groups is 1. The van der Waals surface area contributed by atoms with Crippen LogP contribution in [0.5, 0.6) is 5.75 Å². The van der Waals surface area contributed by atoms with Crippen LogP contribution in [0.3, 0.4) is 0 Å². The number of fused-ring (bicyclic) bond motifs is 1. The minimum Gasteiger partial charge on any atom is -0.495 e. The highest BCUT2D eigenvalue weighted by Crippen LogP contribution is 2.32. The highest BCUT2D eigenvalue weighted by Gasteiger charge is 2.28. The molecule has 0 saturated carbocycles. The minimum absolute atomic E-state index is 0.0522. The van der Waals surface area contributed by atoms with E-state index in [0.29, 0.717) is 35.1 Å². The average Bonchev–Trinajstić information content (AvgIpc) is 3.44. The number of sulfonamides is 1. The number of methoxy groups -OCH3 is 1. The number of hydrogen-bond acceptors (Lipinski definition) is 7. The standard InChI is InChI=1S/C21H22N4O4S2/c1-3-31(27,28)25-11-10-15-12-16(8-9-17(15)25)19(26)13-30-21-23-22-14-24(21)18-6-4-5-7-20(18)29-2/h4-9,12,14H,3,10-11,13H2,1-2H3. The second-order valence-corrected chi connectivity index (χ2v) is 10.1. The summed E-state index contributed by atoms with van der Waals surface area (Å²) in [5.74, 6) is 0.861. The maximum Gasteiger partial charge on any atom is 0.234 e. The third kappa shape index (κ3) is 4.17. The maximum atomic E-state index is 12.8. The van der Waals surface area contributed by atoms with Gasteiger partial charge in [-0.2, -0.15) is 0 Å². The van der Waals surface area contributed by atoms with Gasteiger partial charge in [-0.15, -0.1) is 10.2 Å². The van der Waals surface area contributed by atoms with E-state index >= 15 is 0 Å². The summed E-state index contributed by atoms with van der Waals surface area (Å²) in [4.78, 5) is 12.8. The molecule has 31 heavy (non-hydrogen) atoms. The Balaban J connectivity index is 1.50. The lowest BCUT2D eigenvalue weighted by Crippen LogP contribution is -2.30. The number of ether oxygens (including phenoxy) is 1. The number of aromatic nitrogens is 3. The van der Waals surface area contributed by atoms with E-state index < -0.39 is 10.0 Å². The molecule has 0 bridgehead atoms. The third-order valence-corrected chi connectivity index (χ3v) is 7.87. The molecule has 1 aromatic heterocycles. The average molecular weight is 459 g/mol. The molecule has 2 aromatic carbocycles. The molecule has 0 saturated heterocycles. The van der Waals surface area contributed by atoms with Crippen molar-refractivity contribution in [1.82, 2.24) is 14.8 Å². The van der Waals surface area contributed by atoms with Gasteiger partial charge in [0.25, 0.3) is 0 Å². The van der Waals surface area contributed by atoms with Crippen molar-refractivity contribution in [3.63, 3.8) is 0 Å². The van der Waals surface area contributed by atoms with E-state index in [1.54, 1.807) is 43.1 Å². The first-order chi connectivity index (χ1) is 14.9. The predicted molar refractivity (Wildman–Crippen MR) is 120 cm³/mol. The van der Waals surface area contributed by atoms with Gasteiger partial charge in [-0.1, -0.05) is 23.9 Å². The number of rotatable bonds is 8. The van der Waals surface area contributed by atoms with Crippen molar-refractivity contribution in [3.8, 4) is 11.4 Å². The molecular formula is C21H22N4O4S2. The lowest BCUT2D eigenvalue weighted by atomic mass is 10.1. The summed E-state index contributed by atoms with van der Waals surface area (Å²) in [7, 11) is -1.71. The second-order valence-electron chi connectivity index (χ2n) is 6.93. The first-order valence-electron chi connectivity index (χ1n) is 9.77. The van der Waals surface area contributed by atoms with Crippen LogP contribution in [0.4, 0.5) is 5.69 Å². The van der Waals surface area contributed by atoms with E-state index in [9.17, 15) is 13.2 Å². The van der Waals surface area contributed by atoms with E-state index in [0.717, 1.165) is 11.3 Å². The quantitative estimate of drug-likeness (QED) is 0.378. The van der Waals surface area contributed by atoms with E-state index in [4.69, 9.17) is 4.74 Å². The second kappa shape index (κ2) is 8.72. The van der Waals surface area contributed by atoms with E-state index in [2.05, 4.69) is 10.2 Å². The monoisotopic (exact) mass is 458 g/mol. The van der Waals surface area contributed by atoms with Gasteiger partial charge < -0.3 is 4.74 Å². The molecule has 0 fully saturated rings. The van der Waals surface area contributed by atoms with E-state index in [1.165, 1.54) is 16.1 Å². The van der Waals surface area contributed by atoms with Crippen LogP contribution in [0.15, 0.2) is 53.9 Å². The van der Waals surface area contributed by atoms with Gasteiger partial charge in [-0.25, -0.2) is 8.42 Å². The van der Waals surface area contributed by atoms with Gasteiger partial charge in [0.15, 0.2) is 10.9 Å². The van der Waals surface area contributed by atoms with Crippen molar-refractivity contribution >= 4 is 33.3 Å². The lowest BCUT2D eigenvalue weighted by Gasteiger charge is -2.18. The lowest BCUT2D eigenvalue weighted by molar-refractivity contribution is 0.102. The summed E-state index contributed by atoms with van der Waals surface area (Å²) in [6.45, 7) is 2.05. The Hall–Kier alpha value is -2.85. The SMILES string of the molecule is CCS(=O)(=O)N1CCc2cc(C(=O)CSc3nncn3-c3ccccc3OC)ccc21. The van der Waals surface area contributed by atoms with Crippen LogP contribution in [0.2, 0.25) is 0 Å². The third-order valence-electron chi connectivity index (χ3n) is 5.15. The Bertz CT molecular complexity index is 1220. The van der Waals surface area contributed by atoms with Crippen LogP contribution < -0.4 is 9.04 Å². The molecule has 0 atom stereocenters. The van der Waals surface area contributed by atoms with Crippen molar-refractivity contribution in [1.29, 1.82) is 0 Å². The zero-order valence-corrected chi connectivity index (χ0v) is 18.8. The van der Waals surface area contributed by atoms with Crippen molar-refractivity contribution in [2.45, 2.75) is 18.5 Å². The number of carbonyl (C=O) groups excluding carboxylic acids is 1. The molecule has 2 heterocycles. The summed E-state index contributed by atoms with van der Waals surface area (Å²) in [5, 5.41) is 8.69. The molecule has 1 aliphatic rings. The molecular weight excluding hydrogens is 436 g/mol. The zero-order valence-electron chi connectivity index (χ0n) is 17.2. The van der Waals surface area contributed by atoms with Crippen LogP contribution in [0, 0.1) is 0 Å². The Morgan fingerprint density at radius 2 is 2.00 bits per heavy atom. The Labute approximate surface area is 185 Å². The summed E-state index contributed by atoms with van der Waals surface area (Å²) in [6, 6.07) is 12.7. The molecule has 1 aliphatic heterocycles. The molecule has 0 spiro atoms. The summed E-state index contributed by atoms with van der Waals surface area (Å²) in [6.07, 6.45) is 2.19. The van der Waals surface area contributed by atoms with Crippen LogP contribution in [-0.2, 0) is 16.4 Å². The summed E-state index contributed by atoms with van der Waals surface area (Å²) >= 11 is 1.29. The van der Waals surface area contributed by atoms with Crippen LogP contribution >= 0.6 is 11.8 Å². The van der Waals surface area contributed by atoms with Gasteiger partial charge in [-0.3, -0.25) is 13.7 Å². The van der Waals surface area contributed by atoms with Gasteiger partial charge in [0.1, 0.15) is 12.1 Å². The van der Waals surface area contributed by atoms with Crippen LogP contribution in [-0.4, -0.2) is 54.1 Å². The minimum atomic E-state index is -3.31. The van der Waals surface area contributed by atoms with Crippen molar-refractivity contribution in [2.75, 3.05) is 29.5 Å². The molecule has 8 nitrogen and oxygen atoms in total. The van der Waals surface area contributed by atoms with Crippen molar-refractivity contribution in [3.05, 3.63) is 59.9 Å². The number of anilines is 1. The van der Waals surface area contributed by atoms with Gasteiger partial charge >= 0.3 is 0 Å². The highest BCUT2D eigenvalue weighted by atomic mass is 32.2. The topological polar surface area (TPSA) is 94.4 Å². The molecule has 0 amide bonds. The molecule has 0 unspecified atom stereocenters. The fraction of sp³-hybridized carbons (Fsp3) is 0.286. The number of para-hydroxylation sites is 2. The number of hydrogen-bond donors (Lipinski definition) is 0. The normalized spacial score (nSPS) is 13.3. The number of carbonyl (C=O) groups is 1. The Kier molecular flexibility index (Phi) is 6.01. The van der Waals surface area contributed by atoms with Crippen LogP contribution in [0.25, 0.3) is 5.69 Å².